The number of carboxylic acids is 1. The van der Waals surface area contributed by atoms with Gasteiger partial charge in [-0.05, 0) is 55.8 Å². The minimum absolute atomic E-state index is 0.159. The number of nitrogens with one attached hydrogen (secondary N) is 4. The van der Waals surface area contributed by atoms with E-state index >= 15 is 0 Å². The van der Waals surface area contributed by atoms with Crippen molar-refractivity contribution in [1.29, 1.82) is 0 Å². The van der Waals surface area contributed by atoms with Crippen molar-refractivity contribution in [2.75, 3.05) is 10.6 Å². The van der Waals surface area contributed by atoms with Gasteiger partial charge >= 0.3 is 12.0 Å². The smallest absolute Gasteiger partial charge is 0.337 e. The fourth-order valence-electron chi connectivity index (χ4n) is 3.77. The van der Waals surface area contributed by atoms with Gasteiger partial charge in [-0.1, -0.05) is 29.3 Å². The zero-order valence-electron chi connectivity index (χ0n) is 18.4. The van der Waals surface area contributed by atoms with E-state index in [2.05, 4.69) is 20.9 Å². The molecule has 0 bridgehead atoms. The number of hydrogen-bond donors (Lipinski definition) is 5. The Bertz CT molecular complexity index is 1460. The summed E-state index contributed by atoms with van der Waals surface area (Å²) < 4.78 is 0. The minimum Gasteiger partial charge on any atom is -0.478 e. The summed E-state index contributed by atoms with van der Waals surface area (Å²) in [7, 11) is 0. The van der Waals surface area contributed by atoms with Crippen LogP contribution in [0.25, 0.3) is 11.6 Å². The van der Waals surface area contributed by atoms with Crippen LogP contribution in [0.1, 0.15) is 43.2 Å². The Balaban J connectivity index is 1.52. The summed E-state index contributed by atoms with van der Waals surface area (Å²) in [4.78, 5) is 51.6. The van der Waals surface area contributed by atoms with E-state index in [1.807, 2.05) is 0 Å². The molecule has 9 nitrogen and oxygen atoms in total. The number of H-pyrrole nitrogens is 1. The van der Waals surface area contributed by atoms with E-state index in [9.17, 15) is 24.3 Å². The molecule has 3 aromatic rings. The molecule has 0 fully saturated rings. The summed E-state index contributed by atoms with van der Waals surface area (Å²) in [5.41, 5.74) is 3.55. The fraction of sp³-hybridized carbons (Fsp3) is 0.0833. The van der Waals surface area contributed by atoms with Crippen LogP contribution in [-0.4, -0.2) is 33.9 Å². The first-order valence-corrected chi connectivity index (χ1v) is 11.0. The monoisotopic (exact) mass is 512 g/mol. The third-order valence-electron chi connectivity index (χ3n) is 5.45. The van der Waals surface area contributed by atoms with Crippen molar-refractivity contribution in [2.45, 2.75) is 13.8 Å². The lowest BCUT2D eigenvalue weighted by molar-refractivity contribution is -0.110. The van der Waals surface area contributed by atoms with Crippen molar-refractivity contribution < 1.29 is 24.3 Å². The number of aromatic nitrogens is 1. The number of benzene rings is 2. The van der Waals surface area contributed by atoms with Crippen LogP contribution in [0.5, 0.6) is 0 Å². The third-order valence-corrected chi connectivity index (χ3v) is 6.19. The summed E-state index contributed by atoms with van der Waals surface area (Å²) in [6.07, 6.45) is 1.59. The molecule has 5 N–H and O–H groups in total. The molecule has 35 heavy (non-hydrogen) atoms. The van der Waals surface area contributed by atoms with E-state index in [4.69, 9.17) is 23.2 Å². The zero-order valence-corrected chi connectivity index (χ0v) is 19.9. The summed E-state index contributed by atoms with van der Waals surface area (Å²) >= 11 is 11.7. The predicted molar refractivity (Wildman–Crippen MR) is 133 cm³/mol. The van der Waals surface area contributed by atoms with E-state index in [1.54, 1.807) is 38.1 Å². The number of anilines is 2. The lowest BCUT2D eigenvalue weighted by atomic mass is 10.0. The van der Waals surface area contributed by atoms with Gasteiger partial charge < -0.3 is 20.7 Å². The lowest BCUT2D eigenvalue weighted by Crippen LogP contribution is -2.34. The van der Waals surface area contributed by atoms with Gasteiger partial charge in [-0.2, -0.15) is 0 Å². The van der Waals surface area contributed by atoms with Gasteiger partial charge in [-0.15, -0.1) is 0 Å². The van der Waals surface area contributed by atoms with Crippen LogP contribution in [0.15, 0.2) is 36.4 Å². The number of rotatable bonds is 4. The molecule has 4 amide bonds. The minimum atomic E-state index is -1.05. The number of aryl methyl sites for hydroxylation is 1. The van der Waals surface area contributed by atoms with Gasteiger partial charge in [-0.3, -0.25) is 14.9 Å². The second-order valence-corrected chi connectivity index (χ2v) is 8.59. The molecule has 2 heterocycles. The highest BCUT2D eigenvalue weighted by atomic mass is 35.5. The van der Waals surface area contributed by atoms with Crippen molar-refractivity contribution in [3.63, 3.8) is 0 Å². The van der Waals surface area contributed by atoms with E-state index < -0.39 is 17.9 Å². The van der Waals surface area contributed by atoms with Gasteiger partial charge in [0.05, 0.1) is 26.9 Å². The average Bonchev–Trinajstić information content (AvgIpc) is 3.24. The summed E-state index contributed by atoms with van der Waals surface area (Å²) in [5.74, 6) is -2.10. The van der Waals surface area contributed by atoms with Crippen LogP contribution >= 0.6 is 23.2 Å². The third kappa shape index (κ3) is 4.77. The molecule has 1 aliphatic rings. The zero-order chi connectivity index (χ0) is 25.4. The predicted octanol–water partition coefficient (Wildman–Crippen LogP) is 5.09. The molecule has 1 aliphatic heterocycles. The number of carboxylic acid groups (broad SMARTS) is 1. The van der Waals surface area contributed by atoms with Crippen molar-refractivity contribution in [2.24, 2.45) is 0 Å². The molecule has 0 radical (unpaired) electrons. The molecule has 0 unspecified atom stereocenters. The Morgan fingerprint density at radius 2 is 1.77 bits per heavy atom. The number of aromatic carboxylic acids is 1. The summed E-state index contributed by atoms with van der Waals surface area (Å²) in [6.45, 7) is 3.31. The van der Waals surface area contributed by atoms with Gasteiger partial charge in [0, 0.05) is 28.2 Å². The van der Waals surface area contributed by atoms with Crippen molar-refractivity contribution in [1.82, 2.24) is 10.3 Å². The maximum atomic E-state index is 12.6. The fourth-order valence-corrected chi connectivity index (χ4v) is 4.07. The number of aromatic amines is 1. The van der Waals surface area contributed by atoms with Gasteiger partial charge in [-0.25, -0.2) is 9.59 Å². The normalized spacial score (nSPS) is 13.4. The van der Waals surface area contributed by atoms with E-state index in [1.165, 1.54) is 18.2 Å². The number of carbonyl (C=O) groups is 4. The molecule has 0 atom stereocenters. The molecule has 11 heteroatoms. The van der Waals surface area contributed by atoms with Crippen LogP contribution < -0.4 is 16.0 Å². The van der Waals surface area contributed by atoms with E-state index in [-0.39, 0.29) is 27.1 Å². The Morgan fingerprint density at radius 3 is 2.43 bits per heavy atom. The Kier molecular flexibility index (Phi) is 6.38. The number of urea groups is 1. The molecule has 0 spiro atoms. The van der Waals surface area contributed by atoms with Gasteiger partial charge in [0.1, 0.15) is 0 Å². The van der Waals surface area contributed by atoms with E-state index in [0.717, 1.165) is 0 Å². The van der Waals surface area contributed by atoms with Crippen LogP contribution in [0.4, 0.5) is 16.2 Å². The van der Waals surface area contributed by atoms with Gasteiger partial charge in [0.2, 0.25) is 0 Å². The number of fused-ring (bicyclic) bond motifs is 1. The van der Waals surface area contributed by atoms with Gasteiger partial charge in [0.15, 0.2) is 0 Å². The number of hydrogen-bond acceptors (Lipinski definition) is 4. The first-order chi connectivity index (χ1) is 16.5. The molecular formula is C24H18Cl2N4O5. The SMILES string of the molecule is Cc1[nH]c(/C=C2\C(=O)Nc3cc(NC(=O)NC(=O)c4ccc(Cl)c(Cl)c4)ccc32)c(C)c1C(=O)O. The van der Waals surface area contributed by atoms with Gasteiger partial charge in [0.25, 0.3) is 11.8 Å². The van der Waals surface area contributed by atoms with Crippen LogP contribution in [0.2, 0.25) is 10.0 Å². The maximum absolute atomic E-state index is 12.6. The standard InChI is InChI=1S/C24H18Cl2N4O5/c1-10-18(27-11(2)20(10)23(33)34)9-15-14-5-4-13(8-19(14)29-22(15)32)28-24(35)30-21(31)12-3-6-16(25)17(26)7-12/h3-9,27H,1-2H3,(H,29,32)(H,33,34)(H2,28,30,31,35)/b15-9-. The Hall–Kier alpha value is -4.08. The topological polar surface area (TPSA) is 140 Å². The Morgan fingerprint density at radius 1 is 1.03 bits per heavy atom. The molecule has 1 aromatic heterocycles. The van der Waals surface area contributed by atoms with Crippen LogP contribution in [-0.2, 0) is 4.79 Å². The highest BCUT2D eigenvalue weighted by molar-refractivity contribution is 6.42. The molecule has 2 aromatic carbocycles. The number of amides is 4. The molecule has 4 rings (SSSR count). The lowest BCUT2D eigenvalue weighted by Gasteiger charge is -2.09. The van der Waals surface area contributed by atoms with Crippen LogP contribution in [0, 0.1) is 13.8 Å². The molecule has 178 valence electrons. The van der Waals surface area contributed by atoms with Crippen molar-refractivity contribution >= 4 is 70.0 Å². The quantitative estimate of drug-likeness (QED) is 0.309. The first kappa shape index (κ1) is 24.1. The van der Waals surface area contributed by atoms with Crippen LogP contribution in [0.3, 0.4) is 0 Å². The molecule has 0 aliphatic carbocycles. The van der Waals surface area contributed by atoms with E-state index in [0.29, 0.717) is 39.5 Å². The highest BCUT2D eigenvalue weighted by Gasteiger charge is 2.26. The second kappa shape index (κ2) is 9.28. The molecule has 0 saturated carbocycles. The maximum Gasteiger partial charge on any atom is 0.337 e. The average molecular weight is 513 g/mol. The number of halogens is 2. The second-order valence-electron chi connectivity index (χ2n) is 7.78. The summed E-state index contributed by atoms with van der Waals surface area (Å²) in [5, 5.41) is 17.3. The van der Waals surface area contributed by atoms with Crippen molar-refractivity contribution in [3.05, 3.63) is 80.1 Å². The number of imide groups is 1. The summed E-state index contributed by atoms with van der Waals surface area (Å²) in [6, 6.07) is 8.21. The number of carbonyl (C=O) groups excluding carboxylic acids is 3. The molecule has 0 saturated heterocycles. The largest absolute Gasteiger partial charge is 0.478 e. The first-order valence-electron chi connectivity index (χ1n) is 10.2. The molecular weight excluding hydrogens is 495 g/mol. The highest BCUT2D eigenvalue weighted by Crippen LogP contribution is 2.35. The Labute approximate surface area is 209 Å². The van der Waals surface area contributed by atoms with Crippen molar-refractivity contribution in [3.8, 4) is 0 Å².